The van der Waals surface area contributed by atoms with Gasteiger partial charge in [0.25, 0.3) is 5.91 Å². The van der Waals surface area contributed by atoms with E-state index >= 15 is 0 Å². The molecule has 1 aromatic heterocycles. The summed E-state index contributed by atoms with van der Waals surface area (Å²) >= 11 is 6.89. The number of anilines is 2. The standard InChI is InChI=1S/C20H23N3O3S2/c1-11-10-13-8-6-7-9-14(13)23(11)20(27)21-17-15(19(25)26-5)12(2)16(28-17)18(24)22(3)4/h6-9,11H,10H2,1-5H3,(H,21,27)/t11-/m0/s1. The van der Waals surface area contributed by atoms with Crippen LogP contribution in [0.5, 0.6) is 0 Å². The molecular formula is C20H23N3O3S2. The molecule has 0 aliphatic carbocycles. The average Bonchev–Trinajstić information content (AvgIpc) is 3.16. The van der Waals surface area contributed by atoms with Crippen molar-refractivity contribution >= 4 is 51.2 Å². The molecule has 8 heteroatoms. The maximum atomic E-state index is 12.5. The fourth-order valence-corrected chi connectivity index (χ4v) is 5.05. The van der Waals surface area contributed by atoms with E-state index in [0.29, 0.717) is 26.1 Å². The van der Waals surface area contributed by atoms with Crippen LogP contribution < -0.4 is 10.2 Å². The molecule has 0 saturated carbocycles. The van der Waals surface area contributed by atoms with Crippen LogP contribution in [0.2, 0.25) is 0 Å². The number of carbonyl (C=O) groups excluding carboxylic acids is 2. The zero-order chi connectivity index (χ0) is 20.6. The van der Waals surface area contributed by atoms with Crippen molar-refractivity contribution in [3.05, 3.63) is 45.8 Å². The van der Waals surface area contributed by atoms with Crippen molar-refractivity contribution in [2.75, 3.05) is 31.4 Å². The topological polar surface area (TPSA) is 61.9 Å². The lowest BCUT2D eigenvalue weighted by atomic mass is 10.1. The highest BCUT2D eigenvalue weighted by molar-refractivity contribution is 7.80. The van der Waals surface area contributed by atoms with Gasteiger partial charge < -0.3 is 19.9 Å². The number of benzene rings is 1. The number of para-hydroxylation sites is 1. The first-order chi connectivity index (χ1) is 13.3. The van der Waals surface area contributed by atoms with Gasteiger partial charge in [0, 0.05) is 25.8 Å². The summed E-state index contributed by atoms with van der Waals surface area (Å²) in [6, 6.07) is 8.33. The number of esters is 1. The Morgan fingerprint density at radius 3 is 2.64 bits per heavy atom. The van der Waals surface area contributed by atoms with Crippen molar-refractivity contribution in [2.45, 2.75) is 26.3 Å². The lowest BCUT2D eigenvalue weighted by Gasteiger charge is -2.26. The van der Waals surface area contributed by atoms with E-state index in [0.717, 1.165) is 12.1 Å². The zero-order valence-corrected chi connectivity index (χ0v) is 18.2. The second-order valence-electron chi connectivity index (χ2n) is 6.93. The summed E-state index contributed by atoms with van der Waals surface area (Å²) in [5.74, 6) is -0.654. The van der Waals surface area contributed by atoms with Crippen molar-refractivity contribution in [2.24, 2.45) is 0 Å². The molecule has 1 aliphatic heterocycles. The predicted octanol–water partition coefficient (Wildman–Crippen LogP) is 3.69. The number of fused-ring (bicyclic) bond motifs is 1. The fourth-order valence-electron chi connectivity index (χ4n) is 3.39. The van der Waals surface area contributed by atoms with Crippen molar-refractivity contribution in [1.29, 1.82) is 0 Å². The molecule has 28 heavy (non-hydrogen) atoms. The normalized spacial score (nSPS) is 15.2. The van der Waals surface area contributed by atoms with Crippen LogP contribution in [0.3, 0.4) is 0 Å². The summed E-state index contributed by atoms with van der Waals surface area (Å²) in [5.41, 5.74) is 3.24. The summed E-state index contributed by atoms with van der Waals surface area (Å²) < 4.78 is 4.94. The quantitative estimate of drug-likeness (QED) is 0.607. The SMILES string of the molecule is COC(=O)c1c(NC(=S)N2c3ccccc3C[C@@H]2C)sc(C(=O)N(C)C)c1C. The highest BCUT2D eigenvalue weighted by Crippen LogP contribution is 2.37. The Morgan fingerprint density at radius 1 is 1.32 bits per heavy atom. The number of methoxy groups -OCH3 is 1. The predicted molar refractivity (Wildman–Crippen MR) is 117 cm³/mol. The van der Waals surface area contributed by atoms with Crippen molar-refractivity contribution in [3.63, 3.8) is 0 Å². The highest BCUT2D eigenvalue weighted by atomic mass is 32.1. The Labute approximate surface area is 174 Å². The van der Waals surface area contributed by atoms with Crippen LogP contribution in [-0.2, 0) is 11.2 Å². The molecular weight excluding hydrogens is 394 g/mol. The summed E-state index contributed by atoms with van der Waals surface area (Å²) in [4.78, 5) is 28.9. The fraction of sp³-hybridized carbons (Fsp3) is 0.350. The number of nitrogens with zero attached hydrogens (tertiary/aromatic N) is 2. The summed E-state index contributed by atoms with van der Waals surface area (Å²) in [7, 11) is 4.69. The molecule has 1 aliphatic rings. The smallest absolute Gasteiger partial charge is 0.341 e. The number of amides is 1. The Balaban J connectivity index is 1.98. The van der Waals surface area contributed by atoms with E-state index in [1.165, 1.54) is 28.9 Å². The maximum Gasteiger partial charge on any atom is 0.341 e. The van der Waals surface area contributed by atoms with Crippen LogP contribution in [0.1, 0.15) is 38.1 Å². The second-order valence-corrected chi connectivity index (χ2v) is 8.34. The molecule has 0 saturated heterocycles. The van der Waals surface area contributed by atoms with E-state index in [2.05, 4.69) is 18.3 Å². The Hall–Kier alpha value is -2.45. The van der Waals surface area contributed by atoms with Gasteiger partial charge in [0.15, 0.2) is 5.11 Å². The molecule has 148 valence electrons. The average molecular weight is 418 g/mol. The number of carbonyl (C=O) groups is 2. The second kappa shape index (κ2) is 7.89. The third-order valence-corrected chi connectivity index (χ3v) is 6.28. The first-order valence-electron chi connectivity index (χ1n) is 8.87. The maximum absolute atomic E-state index is 12.5. The lowest BCUT2D eigenvalue weighted by Crippen LogP contribution is -2.38. The summed E-state index contributed by atoms with van der Waals surface area (Å²) in [6.07, 6.45) is 0.898. The molecule has 0 bridgehead atoms. The van der Waals surface area contributed by atoms with Gasteiger partial charge >= 0.3 is 5.97 Å². The minimum Gasteiger partial charge on any atom is -0.465 e. The van der Waals surface area contributed by atoms with Gasteiger partial charge in [-0.25, -0.2) is 4.79 Å². The van der Waals surface area contributed by atoms with Crippen LogP contribution in [0.4, 0.5) is 10.7 Å². The highest BCUT2D eigenvalue weighted by Gasteiger charge is 2.31. The molecule has 1 amide bonds. The van der Waals surface area contributed by atoms with Gasteiger partial charge in [0.05, 0.1) is 17.6 Å². The van der Waals surface area contributed by atoms with Crippen LogP contribution >= 0.6 is 23.6 Å². The van der Waals surface area contributed by atoms with Gasteiger partial charge in [-0.2, -0.15) is 0 Å². The monoisotopic (exact) mass is 417 g/mol. The molecule has 2 aromatic rings. The summed E-state index contributed by atoms with van der Waals surface area (Å²) in [6.45, 7) is 3.86. The van der Waals surface area contributed by atoms with Gasteiger partial charge in [-0.1, -0.05) is 18.2 Å². The van der Waals surface area contributed by atoms with Gasteiger partial charge in [-0.3, -0.25) is 4.79 Å². The van der Waals surface area contributed by atoms with E-state index in [4.69, 9.17) is 17.0 Å². The number of thiophene rings is 1. The number of hydrogen-bond donors (Lipinski definition) is 1. The minimum absolute atomic E-state index is 0.161. The van der Waals surface area contributed by atoms with Gasteiger partial charge in [0.2, 0.25) is 0 Å². The van der Waals surface area contributed by atoms with Crippen molar-refractivity contribution in [3.8, 4) is 0 Å². The zero-order valence-electron chi connectivity index (χ0n) is 16.5. The van der Waals surface area contributed by atoms with E-state index in [1.807, 2.05) is 23.1 Å². The minimum atomic E-state index is -0.494. The molecule has 0 unspecified atom stereocenters. The molecule has 1 aromatic carbocycles. The molecule has 2 heterocycles. The van der Waals surface area contributed by atoms with E-state index in [9.17, 15) is 9.59 Å². The molecule has 0 radical (unpaired) electrons. The third kappa shape index (κ3) is 3.49. The third-order valence-electron chi connectivity index (χ3n) is 4.78. The van der Waals surface area contributed by atoms with Gasteiger partial charge in [-0.05, 0) is 49.7 Å². The first kappa shape index (κ1) is 20.3. The van der Waals surface area contributed by atoms with Crippen molar-refractivity contribution < 1.29 is 14.3 Å². The van der Waals surface area contributed by atoms with Gasteiger partial charge in [-0.15, -0.1) is 11.3 Å². The molecule has 3 rings (SSSR count). The van der Waals surface area contributed by atoms with Crippen molar-refractivity contribution in [1.82, 2.24) is 4.90 Å². The summed E-state index contributed by atoms with van der Waals surface area (Å²) in [5, 5.41) is 4.22. The first-order valence-corrected chi connectivity index (χ1v) is 10.1. The molecule has 1 N–H and O–H groups in total. The molecule has 0 fully saturated rings. The Morgan fingerprint density at radius 2 is 2.00 bits per heavy atom. The molecule has 6 nitrogen and oxygen atoms in total. The largest absolute Gasteiger partial charge is 0.465 e. The number of ether oxygens (including phenoxy) is 1. The van der Waals surface area contributed by atoms with Crippen LogP contribution in [-0.4, -0.2) is 49.1 Å². The van der Waals surface area contributed by atoms with Crippen LogP contribution in [0.25, 0.3) is 0 Å². The van der Waals surface area contributed by atoms with Crippen LogP contribution in [0, 0.1) is 6.92 Å². The number of thiocarbonyl (C=S) groups is 1. The number of rotatable bonds is 3. The van der Waals surface area contributed by atoms with Crippen LogP contribution in [0.15, 0.2) is 24.3 Å². The van der Waals surface area contributed by atoms with E-state index < -0.39 is 5.97 Å². The van der Waals surface area contributed by atoms with E-state index in [1.54, 1.807) is 21.0 Å². The number of hydrogen-bond acceptors (Lipinski definition) is 5. The van der Waals surface area contributed by atoms with Gasteiger partial charge in [0.1, 0.15) is 5.00 Å². The Bertz CT molecular complexity index is 952. The number of nitrogens with one attached hydrogen (secondary N) is 1. The molecule has 0 spiro atoms. The van der Waals surface area contributed by atoms with E-state index in [-0.39, 0.29) is 11.9 Å². The molecule has 1 atom stereocenters. The Kier molecular flexibility index (Phi) is 5.71. The lowest BCUT2D eigenvalue weighted by molar-refractivity contribution is 0.0601.